The maximum Gasteiger partial charge on any atom is 0.223 e. The molecular weight excluding hydrogens is 294 g/mol. The molecule has 21 heavy (non-hydrogen) atoms. The zero-order chi connectivity index (χ0) is 17.6. The maximum atomic E-state index is 7.42. The van der Waals surface area contributed by atoms with Crippen LogP contribution in [0.1, 0.15) is 30.6 Å². The van der Waals surface area contributed by atoms with Gasteiger partial charge in [-0.2, -0.15) is 9.97 Å². The predicted molar refractivity (Wildman–Crippen MR) is 78.9 cm³/mol. The molecule has 3 heterocycles. The van der Waals surface area contributed by atoms with Gasteiger partial charge in [-0.25, -0.2) is 4.98 Å². The minimum absolute atomic E-state index is 0.000580. The number of anilines is 1. The van der Waals surface area contributed by atoms with Crippen LogP contribution >= 0.6 is 11.6 Å². The fourth-order valence-corrected chi connectivity index (χ4v) is 3.01. The molecule has 2 aromatic rings. The van der Waals surface area contributed by atoms with E-state index >= 15 is 0 Å². The van der Waals surface area contributed by atoms with Crippen molar-refractivity contribution in [2.75, 3.05) is 12.8 Å². The molecule has 0 amide bonds. The summed E-state index contributed by atoms with van der Waals surface area (Å²) in [6, 6.07) is 0. The third-order valence-corrected chi connectivity index (χ3v) is 4.17. The van der Waals surface area contributed by atoms with Gasteiger partial charge in [0.1, 0.15) is 11.6 Å². The second-order valence-electron chi connectivity index (χ2n) is 5.11. The summed E-state index contributed by atoms with van der Waals surface area (Å²) in [6.45, 7) is 3.87. The molecule has 1 aliphatic rings. The Kier molecular flexibility index (Phi) is 2.87. The molecule has 8 heteroatoms. The fraction of sp³-hybridized carbons (Fsp3) is 0.615. The first-order chi connectivity index (χ1) is 11.2. The second-order valence-corrected chi connectivity index (χ2v) is 5.47. The van der Waals surface area contributed by atoms with Crippen LogP contribution < -0.4 is 5.73 Å². The average Bonchev–Trinajstić information content (AvgIpc) is 3.00. The van der Waals surface area contributed by atoms with E-state index in [9.17, 15) is 0 Å². The lowest BCUT2D eigenvalue weighted by Crippen LogP contribution is -2.26. The summed E-state index contributed by atoms with van der Waals surface area (Å²) in [6.07, 6.45) is 0.684. The molecule has 2 N–H and O–H groups in total. The van der Waals surface area contributed by atoms with Gasteiger partial charge < -0.3 is 15.2 Å². The first kappa shape index (κ1) is 11.2. The summed E-state index contributed by atoms with van der Waals surface area (Å²) in [4.78, 5) is 12.2. The molecule has 7 nitrogen and oxygen atoms in total. The van der Waals surface area contributed by atoms with Crippen LogP contribution in [0.25, 0.3) is 11.2 Å². The maximum absolute atomic E-state index is 7.42. The van der Waals surface area contributed by atoms with Crippen molar-refractivity contribution in [1.82, 2.24) is 19.5 Å². The summed E-state index contributed by atoms with van der Waals surface area (Å²) in [5.41, 5.74) is 6.40. The lowest BCUT2D eigenvalue weighted by atomic mass is 9.98. The zero-order valence-corrected chi connectivity index (χ0v) is 12.4. The Balaban J connectivity index is 2.05. The van der Waals surface area contributed by atoms with Gasteiger partial charge in [0.25, 0.3) is 0 Å². The standard InChI is InChI=1S/C13H18ClN5O2/c1-4-7-6(2)9(20-3)12(21-7)19-5-16-8-10(14)17-13(15)18-11(8)19/h5-7,9,12H,4H2,1-3H3,(H2,15,17,18)/t6-,7-,9-,12-/m1/s1/i3D3. The van der Waals surface area contributed by atoms with E-state index in [1.165, 1.54) is 6.33 Å². The van der Waals surface area contributed by atoms with Crippen LogP contribution in [-0.2, 0) is 9.47 Å². The number of methoxy groups -OCH3 is 1. The molecule has 0 saturated carbocycles. The number of fused-ring (bicyclic) bond motifs is 1. The first-order valence-electron chi connectivity index (χ1n) is 8.20. The van der Waals surface area contributed by atoms with Crippen LogP contribution in [0.3, 0.4) is 0 Å². The molecule has 2 aromatic heterocycles. The Morgan fingerprint density at radius 1 is 1.57 bits per heavy atom. The SMILES string of the molecule is [2H]C([2H])([2H])O[C@@H]1[C@H](C)[C@@H](CC)O[C@H]1n1cnc2c(Cl)nc(N)nc21. The van der Waals surface area contributed by atoms with Gasteiger partial charge in [0.2, 0.25) is 5.95 Å². The third kappa shape index (κ3) is 2.25. The third-order valence-electron chi connectivity index (χ3n) is 3.91. The molecule has 0 bridgehead atoms. The minimum Gasteiger partial charge on any atom is -0.376 e. The number of aromatic nitrogens is 4. The number of hydrogen-bond donors (Lipinski definition) is 1. The topological polar surface area (TPSA) is 88.1 Å². The van der Waals surface area contributed by atoms with E-state index in [1.807, 2.05) is 13.8 Å². The largest absolute Gasteiger partial charge is 0.376 e. The predicted octanol–water partition coefficient (Wildman–Crippen LogP) is 2.02. The van der Waals surface area contributed by atoms with Crippen molar-refractivity contribution in [3.8, 4) is 0 Å². The van der Waals surface area contributed by atoms with Crippen molar-refractivity contribution in [3.63, 3.8) is 0 Å². The first-order valence-corrected chi connectivity index (χ1v) is 7.08. The van der Waals surface area contributed by atoms with Crippen LogP contribution in [0.2, 0.25) is 5.15 Å². The highest BCUT2D eigenvalue weighted by molar-refractivity contribution is 6.33. The molecule has 0 aromatic carbocycles. The number of nitrogens with two attached hydrogens (primary N) is 1. The second kappa shape index (κ2) is 5.40. The van der Waals surface area contributed by atoms with Gasteiger partial charge in [0, 0.05) is 13.0 Å². The minimum atomic E-state index is -2.54. The summed E-state index contributed by atoms with van der Waals surface area (Å²) >= 11 is 6.04. The highest BCUT2D eigenvalue weighted by Crippen LogP contribution is 2.38. The van der Waals surface area contributed by atoms with Crippen molar-refractivity contribution >= 4 is 28.7 Å². The summed E-state index contributed by atoms with van der Waals surface area (Å²) in [5, 5.41) is 0.127. The van der Waals surface area contributed by atoms with Crippen molar-refractivity contribution < 1.29 is 13.6 Å². The number of hydrogen-bond acceptors (Lipinski definition) is 6. The van der Waals surface area contributed by atoms with Crippen molar-refractivity contribution in [3.05, 3.63) is 11.5 Å². The van der Waals surface area contributed by atoms with Gasteiger partial charge in [0.05, 0.1) is 16.5 Å². The van der Waals surface area contributed by atoms with E-state index < -0.39 is 19.4 Å². The number of rotatable bonds is 3. The Morgan fingerprint density at radius 3 is 3.10 bits per heavy atom. The monoisotopic (exact) mass is 314 g/mol. The van der Waals surface area contributed by atoms with Crippen LogP contribution in [0.15, 0.2) is 6.33 Å². The van der Waals surface area contributed by atoms with E-state index in [-0.39, 0.29) is 23.1 Å². The molecule has 0 spiro atoms. The number of imidazole rings is 1. The van der Waals surface area contributed by atoms with Crippen molar-refractivity contribution in [1.29, 1.82) is 0 Å². The number of nitrogen functional groups attached to an aromatic ring is 1. The van der Waals surface area contributed by atoms with Gasteiger partial charge in [-0.1, -0.05) is 25.4 Å². The molecule has 114 valence electrons. The Bertz CT molecular complexity index is 753. The molecule has 0 unspecified atom stereocenters. The molecule has 1 saturated heterocycles. The Hall–Kier alpha value is -1.44. The lowest BCUT2D eigenvalue weighted by molar-refractivity contribution is -0.0484. The highest BCUT2D eigenvalue weighted by atomic mass is 35.5. The molecular formula is C13H18ClN5O2. The summed E-state index contributed by atoms with van der Waals surface area (Å²) in [5.74, 6) is -0.117. The van der Waals surface area contributed by atoms with Gasteiger partial charge in [0.15, 0.2) is 17.0 Å². The van der Waals surface area contributed by atoms with E-state index in [2.05, 4.69) is 15.0 Å². The zero-order valence-electron chi connectivity index (χ0n) is 14.7. The highest BCUT2D eigenvalue weighted by Gasteiger charge is 2.43. The number of nitrogens with zero attached hydrogens (tertiary/aromatic N) is 4. The summed E-state index contributed by atoms with van der Waals surface area (Å²) < 4.78 is 35.2. The van der Waals surface area contributed by atoms with Crippen LogP contribution in [0, 0.1) is 5.92 Å². The van der Waals surface area contributed by atoms with Crippen LogP contribution in [0.5, 0.6) is 0 Å². The van der Waals surface area contributed by atoms with Crippen molar-refractivity contribution in [2.45, 2.75) is 38.7 Å². The van der Waals surface area contributed by atoms with E-state index in [4.69, 9.17) is 30.9 Å². The van der Waals surface area contributed by atoms with Gasteiger partial charge in [-0.15, -0.1) is 0 Å². The smallest absolute Gasteiger partial charge is 0.223 e. The lowest BCUT2D eigenvalue weighted by Gasteiger charge is -2.20. The molecule has 1 aliphatic heterocycles. The number of halogens is 1. The molecule has 0 radical (unpaired) electrons. The van der Waals surface area contributed by atoms with E-state index in [1.54, 1.807) is 4.57 Å². The number of ether oxygens (including phenoxy) is 2. The molecule has 3 rings (SSSR count). The van der Waals surface area contributed by atoms with Gasteiger partial charge in [-0.05, 0) is 6.42 Å². The average molecular weight is 315 g/mol. The fourth-order valence-electron chi connectivity index (χ4n) is 2.79. The molecule has 0 aliphatic carbocycles. The molecule has 4 atom stereocenters. The summed E-state index contributed by atoms with van der Waals surface area (Å²) in [7, 11) is -2.54. The van der Waals surface area contributed by atoms with Crippen LogP contribution in [-0.4, -0.2) is 38.8 Å². The quantitative estimate of drug-likeness (QED) is 0.872. The molecule has 1 fully saturated rings. The van der Waals surface area contributed by atoms with Gasteiger partial charge in [-0.3, -0.25) is 4.57 Å². The normalized spacial score (nSPS) is 32.0. The van der Waals surface area contributed by atoms with Gasteiger partial charge >= 0.3 is 0 Å². The Labute approximate surface area is 131 Å². The van der Waals surface area contributed by atoms with E-state index in [0.29, 0.717) is 11.2 Å². The van der Waals surface area contributed by atoms with E-state index in [0.717, 1.165) is 6.42 Å². The van der Waals surface area contributed by atoms with Crippen molar-refractivity contribution in [2.24, 2.45) is 5.92 Å². The Morgan fingerprint density at radius 2 is 2.38 bits per heavy atom. The van der Waals surface area contributed by atoms with Crippen LogP contribution in [0.4, 0.5) is 5.95 Å².